The molecule has 5 nitrogen and oxygen atoms in total. The van der Waals surface area contributed by atoms with Crippen LogP contribution < -0.4 is 10.6 Å². The highest BCUT2D eigenvalue weighted by Gasteiger charge is 2.18. The number of hydrogen-bond donors (Lipinski definition) is 2. The Kier molecular flexibility index (Phi) is 5.31. The van der Waals surface area contributed by atoms with E-state index in [9.17, 15) is 14.5 Å². The first-order valence-corrected chi connectivity index (χ1v) is 7.45. The molecular weight excluding hydrogens is 329 g/mol. The Labute approximate surface area is 125 Å². The van der Waals surface area contributed by atoms with E-state index in [0.717, 1.165) is 25.6 Å². The highest BCUT2D eigenvalue weighted by Crippen LogP contribution is 2.30. The maximum atomic E-state index is 13.3. The third-order valence-electron chi connectivity index (χ3n) is 3.50. The van der Waals surface area contributed by atoms with Gasteiger partial charge in [0.15, 0.2) is 0 Å². The standard InChI is InChI=1S/C13H17BrFN3O2/c14-10-6-12(13(18(19)20)7-11(10)15)17-5-3-9-2-1-4-16-8-9/h6-7,9,16-17H,1-5,8H2. The smallest absolute Gasteiger partial charge is 0.295 e. The maximum absolute atomic E-state index is 13.3. The number of nitrogens with zero attached hydrogens (tertiary/aromatic N) is 1. The fourth-order valence-electron chi connectivity index (χ4n) is 2.41. The molecule has 1 fully saturated rings. The van der Waals surface area contributed by atoms with Crippen LogP contribution in [-0.4, -0.2) is 24.6 Å². The van der Waals surface area contributed by atoms with Gasteiger partial charge in [0.05, 0.1) is 15.5 Å². The van der Waals surface area contributed by atoms with E-state index in [1.54, 1.807) is 0 Å². The van der Waals surface area contributed by atoms with E-state index < -0.39 is 10.7 Å². The van der Waals surface area contributed by atoms with Crippen molar-refractivity contribution in [3.63, 3.8) is 0 Å². The van der Waals surface area contributed by atoms with Gasteiger partial charge in [0.2, 0.25) is 0 Å². The first kappa shape index (κ1) is 15.2. The van der Waals surface area contributed by atoms with Crippen molar-refractivity contribution in [2.45, 2.75) is 19.3 Å². The van der Waals surface area contributed by atoms with E-state index in [1.165, 1.54) is 18.9 Å². The van der Waals surface area contributed by atoms with Gasteiger partial charge in [0.25, 0.3) is 5.69 Å². The SMILES string of the molecule is O=[N+]([O-])c1cc(F)c(Br)cc1NCCC1CCCNC1. The molecule has 1 aliphatic rings. The lowest BCUT2D eigenvalue weighted by atomic mass is 9.96. The third kappa shape index (κ3) is 3.89. The van der Waals surface area contributed by atoms with Crippen molar-refractivity contribution < 1.29 is 9.31 Å². The van der Waals surface area contributed by atoms with E-state index in [4.69, 9.17) is 0 Å². The van der Waals surface area contributed by atoms with Gasteiger partial charge in [-0.15, -0.1) is 0 Å². The first-order valence-electron chi connectivity index (χ1n) is 6.66. The summed E-state index contributed by atoms with van der Waals surface area (Å²) >= 11 is 3.05. The van der Waals surface area contributed by atoms with Crippen molar-refractivity contribution in [3.05, 3.63) is 32.5 Å². The molecule has 0 bridgehead atoms. The Hall–Kier alpha value is -1.21. The predicted octanol–water partition coefficient (Wildman–Crippen LogP) is 3.30. The third-order valence-corrected chi connectivity index (χ3v) is 4.11. The summed E-state index contributed by atoms with van der Waals surface area (Å²) in [5, 5.41) is 17.3. The van der Waals surface area contributed by atoms with Gasteiger partial charge >= 0.3 is 0 Å². The summed E-state index contributed by atoms with van der Waals surface area (Å²) in [7, 11) is 0. The molecule has 0 spiro atoms. The normalized spacial score (nSPS) is 18.8. The summed E-state index contributed by atoms with van der Waals surface area (Å²) in [6.45, 7) is 2.71. The summed E-state index contributed by atoms with van der Waals surface area (Å²) in [6, 6.07) is 2.36. The zero-order valence-corrected chi connectivity index (χ0v) is 12.6. The first-order chi connectivity index (χ1) is 9.58. The Morgan fingerprint density at radius 3 is 3.00 bits per heavy atom. The minimum Gasteiger partial charge on any atom is -0.379 e. The molecular formula is C13H17BrFN3O2. The van der Waals surface area contributed by atoms with Gasteiger partial charge in [-0.3, -0.25) is 10.1 Å². The van der Waals surface area contributed by atoms with Gasteiger partial charge in [0.1, 0.15) is 11.5 Å². The molecule has 0 amide bonds. The topological polar surface area (TPSA) is 67.2 Å². The molecule has 0 saturated carbocycles. The van der Waals surface area contributed by atoms with Crippen LogP contribution in [0.1, 0.15) is 19.3 Å². The van der Waals surface area contributed by atoms with Crippen molar-refractivity contribution in [3.8, 4) is 0 Å². The largest absolute Gasteiger partial charge is 0.379 e. The zero-order valence-electron chi connectivity index (χ0n) is 11.0. The van der Waals surface area contributed by atoms with Crippen LogP contribution in [0.4, 0.5) is 15.8 Å². The highest BCUT2D eigenvalue weighted by atomic mass is 79.9. The molecule has 1 aromatic carbocycles. The van der Waals surface area contributed by atoms with Crippen LogP contribution in [0.3, 0.4) is 0 Å². The van der Waals surface area contributed by atoms with Crippen molar-refractivity contribution in [2.24, 2.45) is 5.92 Å². The Morgan fingerprint density at radius 2 is 2.35 bits per heavy atom. The van der Waals surface area contributed by atoms with Crippen LogP contribution in [0.5, 0.6) is 0 Å². The number of rotatable bonds is 5. The zero-order chi connectivity index (χ0) is 14.5. The molecule has 1 unspecified atom stereocenters. The van der Waals surface area contributed by atoms with E-state index >= 15 is 0 Å². The van der Waals surface area contributed by atoms with Gasteiger partial charge in [0, 0.05) is 6.54 Å². The number of nitro benzene ring substituents is 1. The lowest BCUT2D eigenvalue weighted by Gasteiger charge is -2.22. The second kappa shape index (κ2) is 6.99. The van der Waals surface area contributed by atoms with Crippen LogP contribution in [-0.2, 0) is 0 Å². The summed E-state index contributed by atoms with van der Waals surface area (Å²) in [5.74, 6) is -0.0297. The van der Waals surface area contributed by atoms with Crippen molar-refractivity contribution in [1.29, 1.82) is 0 Å². The van der Waals surface area contributed by atoms with Crippen LogP contribution in [0.25, 0.3) is 0 Å². The number of nitrogens with one attached hydrogen (secondary N) is 2. The predicted molar refractivity (Wildman–Crippen MR) is 79.5 cm³/mol. The van der Waals surface area contributed by atoms with E-state index in [2.05, 4.69) is 26.6 Å². The van der Waals surface area contributed by atoms with Crippen LogP contribution in [0, 0.1) is 21.8 Å². The molecule has 1 heterocycles. The van der Waals surface area contributed by atoms with Gasteiger partial charge < -0.3 is 10.6 Å². The van der Waals surface area contributed by atoms with E-state index in [0.29, 0.717) is 18.2 Å². The number of piperidine rings is 1. The molecule has 0 aromatic heterocycles. The second-order valence-electron chi connectivity index (χ2n) is 4.97. The molecule has 1 aliphatic heterocycles. The average molecular weight is 346 g/mol. The summed E-state index contributed by atoms with van der Waals surface area (Å²) in [5.41, 5.74) is 0.125. The molecule has 0 radical (unpaired) electrons. The van der Waals surface area contributed by atoms with Crippen molar-refractivity contribution >= 4 is 27.3 Å². The Balaban J connectivity index is 1.97. The fourth-order valence-corrected chi connectivity index (χ4v) is 2.75. The minimum absolute atomic E-state index is 0.227. The quantitative estimate of drug-likeness (QED) is 0.634. The molecule has 0 aliphatic carbocycles. The lowest BCUT2D eigenvalue weighted by molar-refractivity contribution is -0.384. The molecule has 1 atom stereocenters. The van der Waals surface area contributed by atoms with Crippen molar-refractivity contribution in [1.82, 2.24) is 5.32 Å². The van der Waals surface area contributed by atoms with Gasteiger partial charge in [-0.1, -0.05) is 0 Å². The van der Waals surface area contributed by atoms with Crippen LogP contribution >= 0.6 is 15.9 Å². The molecule has 1 saturated heterocycles. The summed E-state index contributed by atoms with van der Waals surface area (Å²) < 4.78 is 13.6. The fraction of sp³-hybridized carbons (Fsp3) is 0.538. The van der Waals surface area contributed by atoms with Gasteiger partial charge in [-0.05, 0) is 60.3 Å². The second-order valence-corrected chi connectivity index (χ2v) is 5.82. The molecule has 20 heavy (non-hydrogen) atoms. The van der Waals surface area contributed by atoms with Crippen molar-refractivity contribution in [2.75, 3.05) is 25.0 Å². The summed E-state index contributed by atoms with van der Waals surface area (Å²) in [4.78, 5) is 10.4. The van der Waals surface area contributed by atoms with Crippen LogP contribution in [0.15, 0.2) is 16.6 Å². The number of hydrogen-bond acceptors (Lipinski definition) is 4. The molecule has 7 heteroatoms. The highest BCUT2D eigenvalue weighted by molar-refractivity contribution is 9.10. The number of nitro groups is 1. The van der Waals surface area contributed by atoms with Crippen LogP contribution in [0.2, 0.25) is 0 Å². The number of benzene rings is 1. The van der Waals surface area contributed by atoms with E-state index in [-0.39, 0.29) is 10.2 Å². The minimum atomic E-state index is -0.626. The molecule has 1 aromatic rings. The van der Waals surface area contributed by atoms with Gasteiger partial charge in [-0.2, -0.15) is 0 Å². The number of halogens is 2. The average Bonchev–Trinajstić information content (AvgIpc) is 2.43. The Morgan fingerprint density at radius 1 is 1.55 bits per heavy atom. The Bertz CT molecular complexity index is 493. The van der Waals surface area contributed by atoms with Gasteiger partial charge in [-0.25, -0.2) is 4.39 Å². The monoisotopic (exact) mass is 345 g/mol. The molecule has 2 N–H and O–H groups in total. The lowest BCUT2D eigenvalue weighted by Crippen LogP contribution is -2.30. The molecule has 2 rings (SSSR count). The molecule has 110 valence electrons. The number of anilines is 1. The maximum Gasteiger partial charge on any atom is 0.295 e. The summed E-state index contributed by atoms with van der Waals surface area (Å²) in [6.07, 6.45) is 3.30. The van der Waals surface area contributed by atoms with E-state index in [1.807, 2.05) is 0 Å².